The van der Waals surface area contributed by atoms with Crippen molar-refractivity contribution in [1.29, 1.82) is 0 Å². The van der Waals surface area contributed by atoms with Gasteiger partial charge in [-0.25, -0.2) is 0 Å². The van der Waals surface area contributed by atoms with Crippen LogP contribution in [0.25, 0.3) is 0 Å². The molecular formula is C17H21NO2. The number of phenolic OH excluding ortho intramolecular Hbond substituents is 1. The number of aromatic hydroxyl groups is 1. The van der Waals surface area contributed by atoms with E-state index < -0.39 is 0 Å². The van der Waals surface area contributed by atoms with E-state index in [0.717, 1.165) is 22.6 Å². The van der Waals surface area contributed by atoms with Gasteiger partial charge in [0.15, 0.2) is 0 Å². The number of rotatable bonds is 4. The fraction of sp³-hybridized carbons (Fsp3) is 0.294. The Morgan fingerprint density at radius 3 is 2.50 bits per heavy atom. The van der Waals surface area contributed by atoms with E-state index in [9.17, 15) is 5.11 Å². The molecule has 1 atom stereocenters. The quantitative estimate of drug-likeness (QED) is 0.819. The van der Waals surface area contributed by atoms with Crippen molar-refractivity contribution >= 4 is 5.69 Å². The van der Waals surface area contributed by atoms with Gasteiger partial charge >= 0.3 is 0 Å². The minimum Gasteiger partial charge on any atom is -0.508 e. The highest BCUT2D eigenvalue weighted by molar-refractivity contribution is 5.52. The first-order valence-electron chi connectivity index (χ1n) is 6.72. The molecule has 0 saturated carbocycles. The molecule has 0 spiro atoms. The lowest BCUT2D eigenvalue weighted by molar-refractivity contribution is 0.407. The Labute approximate surface area is 120 Å². The van der Waals surface area contributed by atoms with E-state index >= 15 is 0 Å². The average molecular weight is 271 g/mol. The molecule has 3 heteroatoms. The van der Waals surface area contributed by atoms with E-state index in [4.69, 9.17) is 4.74 Å². The summed E-state index contributed by atoms with van der Waals surface area (Å²) in [5.41, 5.74) is 4.13. The minimum atomic E-state index is 0.120. The molecule has 0 aliphatic carbocycles. The Kier molecular flexibility index (Phi) is 4.18. The molecule has 2 aromatic carbocycles. The maximum atomic E-state index is 9.56. The molecule has 0 heterocycles. The van der Waals surface area contributed by atoms with Gasteiger partial charge in [-0.05, 0) is 56.2 Å². The van der Waals surface area contributed by atoms with Gasteiger partial charge in [0.05, 0.1) is 13.2 Å². The standard InChI is InChI=1S/C17H21NO2/c1-11-5-7-15(17(9-11)20-4)13(3)18-14-6-8-16(19)12(2)10-14/h5-10,13,18-19H,1-4H3. The van der Waals surface area contributed by atoms with Gasteiger partial charge in [-0.2, -0.15) is 0 Å². The van der Waals surface area contributed by atoms with Crippen LogP contribution in [0.4, 0.5) is 5.69 Å². The lowest BCUT2D eigenvalue weighted by atomic mass is 10.0. The van der Waals surface area contributed by atoms with E-state index in [1.165, 1.54) is 5.56 Å². The van der Waals surface area contributed by atoms with Gasteiger partial charge in [-0.15, -0.1) is 0 Å². The van der Waals surface area contributed by atoms with Crippen LogP contribution < -0.4 is 10.1 Å². The van der Waals surface area contributed by atoms with Crippen molar-refractivity contribution in [3.63, 3.8) is 0 Å². The van der Waals surface area contributed by atoms with Crippen LogP contribution in [0, 0.1) is 13.8 Å². The lowest BCUT2D eigenvalue weighted by Gasteiger charge is -2.19. The van der Waals surface area contributed by atoms with E-state index in [-0.39, 0.29) is 6.04 Å². The van der Waals surface area contributed by atoms with Crippen molar-refractivity contribution in [2.75, 3.05) is 12.4 Å². The second-order valence-electron chi connectivity index (χ2n) is 5.11. The Morgan fingerprint density at radius 1 is 1.10 bits per heavy atom. The molecule has 0 aliphatic heterocycles. The molecule has 0 aliphatic rings. The summed E-state index contributed by atoms with van der Waals surface area (Å²) in [7, 11) is 1.69. The predicted molar refractivity (Wildman–Crippen MR) is 82.6 cm³/mol. The second-order valence-corrected chi connectivity index (χ2v) is 5.11. The number of nitrogens with one attached hydrogen (secondary N) is 1. The predicted octanol–water partition coefficient (Wildman–Crippen LogP) is 4.19. The maximum absolute atomic E-state index is 9.56. The lowest BCUT2D eigenvalue weighted by Crippen LogP contribution is -2.08. The number of hydrogen-bond acceptors (Lipinski definition) is 3. The number of aryl methyl sites for hydroxylation is 2. The smallest absolute Gasteiger partial charge is 0.124 e. The van der Waals surface area contributed by atoms with E-state index in [1.807, 2.05) is 32.0 Å². The normalized spacial score (nSPS) is 12.0. The first-order chi connectivity index (χ1) is 9.51. The van der Waals surface area contributed by atoms with Gasteiger partial charge in [0.2, 0.25) is 0 Å². The van der Waals surface area contributed by atoms with Crippen molar-refractivity contribution in [2.45, 2.75) is 26.8 Å². The fourth-order valence-corrected chi connectivity index (χ4v) is 2.25. The van der Waals surface area contributed by atoms with Gasteiger partial charge in [0.1, 0.15) is 11.5 Å². The molecule has 0 aromatic heterocycles. The number of methoxy groups -OCH3 is 1. The highest BCUT2D eigenvalue weighted by atomic mass is 16.5. The summed E-state index contributed by atoms with van der Waals surface area (Å²) in [6.45, 7) is 6.03. The molecular weight excluding hydrogens is 250 g/mol. The van der Waals surface area contributed by atoms with Gasteiger partial charge in [-0.1, -0.05) is 12.1 Å². The highest BCUT2D eigenvalue weighted by Crippen LogP contribution is 2.29. The largest absolute Gasteiger partial charge is 0.508 e. The molecule has 3 nitrogen and oxygen atoms in total. The van der Waals surface area contributed by atoms with Crippen molar-refractivity contribution in [3.8, 4) is 11.5 Å². The summed E-state index contributed by atoms with van der Waals surface area (Å²) in [6.07, 6.45) is 0. The van der Waals surface area contributed by atoms with Crippen LogP contribution in [-0.4, -0.2) is 12.2 Å². The highest BCUT2D eigenvalue weighted by Gasteiger charge is 2.11. The van der Waals surface area contributed by atoms with E-state index in [2.05, 4.69) is 24.4 Å². The Morgan fingerprint density at radius 2 is 1.85 bits per heavy atom. The monoisotopic (exact) mass is 271 g/mol. The van der Waals surface area contributed by atoms with Crippen LogP contribution in [-0.2, 0) is 0 Å². The zero-order valence-electron chi connectivity index (χ0n) is 12.4. The number of ether oxygens (including phenoxy) is 1. The van der Waals surface area contributed by atoms with Crippen LogP contribution in [0.5, 0.6) is 11.5 Å². The third kappa shape index (κ3) is 3.05. The molecule has 2 rings (SSSR count). The molecule has 0 amide bonds. The molecule has 0 saturated heterocycles. The first kappa shape index (κ1) is 14.3. The third-order valence-electron chi connectivity index (χ3n) is 3.44. The molecule has 2 aromatic rings. The topological polar surface area (TPSA) is 41.5 Å². The SMILES string of the molecule is COc1cc(C)ccc1C(C)Nc1ccc(O)c(C)c1. The second kappa shape index (κ2) is 5.87. The molecule has 0 bridgehead atoms. The van der Waals surface area contributed by atoms with Gasteiger partial charge in [0.25, 0.3) is 0 Å². The Balaban J connectivity index is 2.23. The number of benzene rings is 2. The summed E-state index contributed by atoms with van der Waals surface area (Å²) < 4.78 is 5.45. The molecule has 20 heavy (non-hydrogen) atoms. The third-order valence-corrected chi connectivity index (χ3v) is 3.44. The van der Waals surface area contributed by atoms with Crippen LogP contribution >= 0.6 is 0 Å². The zero-order chi connectivity index (χ0) is 14.7. The Bertz CT molecular complexity index is 608. The van der Waals surface area contributed by atoms with E-state index in [1.54, 1.807) is 13.2 Å². The number of hydrogen-bond donors (Lipinski definition) is 2. The van der Waals surface area contributed by atoms with Gasteiger partial charge < -0.3 is 15.2 Å². The van der Waals surface area contributed by atoms with Crippen molar-refractivity contribution in [3.05, 3.63) is 53.1 Å². The van der Waals surface area contributed by atoms with Crippen LogP contribution in [0.15, 0.2) is 36.4 Å². The summed E-state index contributed by atoms with van der Waals surface area (Å²) in [5, 5.41) is 13.0. The zero-order valence-corrected chi connectivity index (χ0v) is 12.4. The summed E-state index contributed by atoms with van der Waals surface area (Å²) in [4.78, 5) is 0. The molecule has 1 unspecified atom stereocenters. The summed E-state index contributed by atoms with van der Waals surface area (Å²) in [6, 6.07) is 11.8. The van der Waals surface area contributed by atoms with Crippen LogP contribution in [0.1, 0.15) is 29.7 Å². The van der Waals surface area contributed by atoms with Gasteiger partial charge in [-0.3, -0.25) is 0 Å². The van der Waals surface area contributed by atoms with Crippen molar-refractivity contribution in [1.82, 2.24) is 0 Å². The first-order valence-corrected chi connectivity index (χ1v) is 6.72. The van der Waals surface area contributed by atoms with Crippen molar-refractivity contribution in [2.24, 2.45) is 0 Å². The van der Waals surface area contributed by atoms with Crippen LogP contribution in [0.2, 0.25) is 0 Å². The number of anilines is 1. The molecule has 0 radical (unpaired) electrons. The fourth-order valence-electron chi connectivity index (χ4n) is 2.25. The summed E-state index contributed by atoms with van der Waals surface area (Å²) >= 11 is 0. The van der Waals surface area contributed by atoms with Crippen LogP contribution in [0.3, 0.4) is 0 Å². The number of phenols is 1. The average Bonchev–Trinajstić information content (AvgIpc) is 2.42. The summed E-state index contributed by atoms with van der Waals surface area (Å²) in [5.74, 6) is 1.21. The van der Waals surface area contributed by atoms with Gasteiger partial charge in [0, 0.05) is 11.3 Å². The van der Waals surface area contributed by atoms with E-state index in [0.29, 0.717) is 5.75 Å². The minimum absolute atomic E-state index is 0.120. The van der Waals surface area contributed by atoms with Crippen molar-refractivity contribution < 1.29 is 9.84 Å². The maximum Gasteiger partial charge on any atom is 0.124 e. The molecule has 106 valence electrons. The Hall–Kier alpha value is -2.16. The molecule has 0 fully saturated rings. The molecule has 2 N–H and O–H groups in total.